The Morgan fingerprint density at radius 2 is 1.96 bits per heavy atom. The number of halogens is 2. The third-order valence-corrected chi connectivity index (χ3v) is 5.47. The SMILES string of the molecule is Cc1cc(C)n2c(SCC(=O)N(C)Cc3ccc(Cl)c(Cl)c3)nnc2n1. The van der Waals surface area contributed by atoms with Crippen molar-refractivity contribution >= 4 is 46.6 Å². The van der Waals surface area contributed by atoms with Crippen molar-refractivity contribution in [1.82, 2.24) is 24.5 Å². The van der Waals surface area contributed by atoms with Gasteiger partial charge < -0.3 is 4.90 Å². The van der Waals surface area contributed by atoms with E-state index in [1.54, 1.807) is 24.1 Å². The van der Waals surface area contributed by atoms with Crippen molar-refractivity contribution in [3.8, 4) is 0 Å². The molecular weight excluding hydrogens is 393 g/mol. The van der Waals surface area contributed by atoms with E-state index >= 15 is 0 Å². The van der Waals surface area contributed by atoms with Crippen LogP contribution in [-0.4, -0.2) is 43.2 Å². The van der Waals surface area contributed by atoms with E-state index in [1.807, 2.05) is 30.4 Å². The third kappa shape index (κ3) is 4.11. The summed E-state index contributed by atoms with van der Waals surface area (Å²) in [4.78, 5) is 18.4. The topological polar surface area (TPSA) is 63.4 Å². The summed E-state index contributed by atoms with van der Waals surface area (Å²) in [6.45, 7) is 4.33. The van der Waals surface area contributed by atoms with Gasteiger partial charge in [-0.2, -0.15) is 0 Å². The molecule has 9 heteroatoms. The van der Waals surface area contributed by atoms with Gasteiger partial charge in [-0.25, -0.2) is 4.98 Å². The van der Waals surface area contributed by atoms with E-state index in [9.17, 15) is 4.79 Å². The van der Waals surface area contributed by atoms with Gasteiger partial charge in [0.1, 0.15) is 0 Å². The number of amides is 1. The molecule has 0 aliphatic heterocycles. The Bertz CT molecular complexity index is 975. The highest BCUT2D eigenvalue weighted by atomic mass is 35.5. The zero-order chi connectivity index (χ0) is 18.8. The number of aromatic nitrogens is 4. The number of benzene rings is 1. The molecule has 0 aliphatic carbocycles. The summed E-state index contributed by atoms with van der Waals surface area (Å²) in [7, 11) is 1.75. The molecule has 0 radical (unpaired) electrons. The lowest BCUT2D eigenvalue weighted by molar-refractivity contribution is -0.127. The molecule has 0 saturated heterocycles. The predicted molar refractivity (Wildman–Crippen MR) is 104 cm³/mol. The number of carbonyl (C=O) groups excluding carboxylic acids is 1. The van der Waals surface area contributed by atoms with Crippen LogP contribution in [0.15, 0.2) is 29.4 Å². The first-order valence-electron chi connectivity index (χ1n) is 7.85. The fourth-order valence-corrected chi connectivity index (χ4v) is 3.78. The maximum Gasteiger partial charge on any atom is 0.256 e. The van der Waals surface area contributed by atoms with Gasteiger partial charge in [0.2, 0.25) is 5.91 Å². The van der Waals surface area contributed by atoms with E-state index in [-0.39, 0.29) is 11.7 Å². The van der Waals surface area contributed by atoms with Gasteiger partial charge in [0.05, 0.1) is 15.8 Å². The second-order valence-electron chi connectivity index (χ2n) is 5.94. The Labute approximate surface area is 165 Å². The normalized spacial score (nSPS) is 11.1. The Morgan fingerprint density at radius 3 is 2.69 bits per heavy atom. The molecule has 0 spiro atoms. The van der Waals surface area contributed by atoms with Crippen LogP contribution in [0.1, 0.15) is 17.0 Å². The molecule has 0 fully saturated rings. The lowest BCUT2D eigenvalue weighted by atomic mass is 10.2. The maximum atomic E-state index is 12.4. The average molecular weight is 410 g/mol. The molecule has 2 aromatic heterocycles. The summed E-state index contributed by atoms with van der Waals surface area (Å²) < 4.78 is 1.85. The summed E-state index contributed by atoms with van der Waals surface area (Å²) in [5.74, 6) is 0.781. The molecule has 1 amide bonds. The van der Waals surface area contributed by atoms with Crippen molar-refractivity contribution < 1.29 is 4.79 Å². The molecule has 1 aromatic carbocycles. The highest BCUT2D eigenvalue weighted by Crippen LogP contribution is 2.23. The van der Waals surface area contributed by atoms with Gasteiger partial charge in [0.15, 0.2) is 5.16 Å². The van der Waals surface area contributed by atoms with Gasteiger partial charge in [0.25, 0.3) is 5.78 Å². The molecule has 136 valence electrons. The van der Waals surface area contributed by atoms with Crippen molar-refractivity contribution in [2.24, 2.45) is 0 Å². The second-order valence-corrected chi connectivity index (χ2v) is 7.70. The lowest BCUT2D eigenvalue weighted by Gasteiger charge is -2.17. The summed E-state index contributed by atoms with van der Waals surface area (Å²) >= 11 is 13.3. The second kappa shape index (κ2) is 7.82. The first-order valence-corrected chi connectivity index (χ1v) is 9.59. The van der Waals surface area contributed by atoms with Crippen molar-refractivity contribution in [2.45, 2.75) is 25.5 Å². The highest BCUT2D eigenvalue weighted by Gasteiger charge is 2.15. The van der Waals surface area contributed by atoms with Crippen LogP contribution in [0.3, 0.4) is 0 Å². The maximum absolute atomic E-state index is 12.4. The number of thioether (sulfide) groups is 1. The van der Waals surface area contributed by atoms with E-state index in [0.717, 1.165) is 17.0 Å². The van der Waals surface area contributed by atoms with Gasteiger partial charge in [-0.05, 0) is 37.6 Å². The zero-order valence-corrected chi connectivity index (χ0v) is 16.9. The Kier molecular flexibility index (Phi) is 5.70. The van der Waals surface area contributed by atoms with Gasteiger partial charge in [0, 0.05) is 25.0 Å². The molecular formula is C17H17Cl2N5OS. The molecule has 2 heterocycles. The number of fused-ring (bicyclic) bond motifs is 1. The summed E-state index contributed by atoms with van der Waals surface area (Å²) in [5, 5.41) is 9.85. The summed E-state index contributed by atoms with van der Waals surface area (Å²) in [6, 6.07) is 7.31. The molecule has 0 aliphatic rings. The Hall–Kier alpha value is -1.83. The van der Waals surface area contributed by atoms with E-state index < -0.39 is 0 Å². The minimum absolute atomic E-state index is 0.0180. The highest BCUT2D eigenvalue weighted by molar-refractivity contribution is 7.99. The van der Waals surface area contributed by atoms with Gasteiger partial charge >= 0.3 is 0 Å². The van der Waals surface area contributed by atoms with Crippen LogP contribution in [0.25, 0.3) is 5.78 Å². The Morgan fingerprint density at radius 1 is 1.19 bits per heavy atom. The van der Waals surface area contributed by atoms with Crippen LogP contribution in [-0.2, 0) is 11.3 Å². The van der Waals surface area contributed by atoms with Crippen LogP contribution in [0, 0.1) is 13.8 Å². The van der Waals surface area contributed by atoms with E-state index in [2.05, 4.69) is 15.2 Å². The monoisotopic (exact) mass is 409 g/mol. The first kappa shape index (κ1) is 18.9. The van der Waals surface area contributed by atoms with Crippen molar-refractivity contribution in [2.75, 3.05) is 12.8 Å². The van der Waals surface area contributed by atoms with Gasteiger partial charge in [-0.3, -0.25) is 9.20 Å². The molecule has 0 bridgehead atoms. The first-order chi connectivity index (χ1) is 12.3. The average Bonchev–Trinajstić information content (AvgIpc) is 2.99. The number of rotatable bonds is 5. The van der Waals surface area contributed by atoms with Gasteiger partial charge in [-0.15, -0.1) is 10.2 Å². The minimum atomic E-state index is -0.0180. The standard InChI is InChI=1S/C17H17Cl2N5OS/c1-10-6-11(2)24-16(20-10)21-22-17(24)26-9-15(25)23(3)8-12-4-5-13(18)14(19)7-12/h4-7H,8-9H2,1-3H3. The molecule has 3 rings (SSSR count). The number of nitrogens with zero attached hydrogens (tertiary/aromatic N) is 5. The lowest BCUT2D eigenvalue weighted by Crippen LogP contribution is -2.27. The van der Waals surface area contributed by atoms with E-state index in [1.165, 1.54) is 11.8 Å². The van der Waals surface area contributed by atoms with Gasteiger partial charge in [-0.1, -0.05) is 41.0 Å². The van der Waals surface area contributed by atoms with Crippen molar-refractivity contribution in [3.63, 3.8) is 0 Å². The minimum Gasteiger partial charge on any atom is -0.341 e. The quantitative estimate of drug-likeness (QED) is 0.599. The molecule has 0 atom stereocenters. The number of hydrogen-bond acceptors (Lipinski definition) is 5. The van der Waals surface area contributed by atoms with Crippen LogP contribution in [0.2, 0.25) is 10.0 Å². The van der Waals surface area contributed by atoms with E-state index in [4.69, 9.17) is 23.2 Å². The van der Waals surface area contributed by atoms with Crippen LogP contribution >= 0.6 is 35.0 Å². The third-order valence-electron chi connectivity index (χ3n) is 3.82. The molecule has 0 N–H and O–H groups in total. The fraction of sp³-hybridized carbons (Fsp3) is 0.294. The molecule has 0 unspecified atom stereocenters. The summed E-state index contributed by atoms with van der Waals surface area (Å²) in [5.41, 5.74) is 2.79. The molecule has 26 heavy (non-hydrogen) atoms. The van der Waals surface area contributed by atoms with Crippen molar-refractivity contribution in [1.29, 1.82) is 0 Å². The van der Waals surface area contributed by atoms with Crippen molar-refractivity contribution in [3.05, 3.63) is 51.3 Å². The van der Waals surface area contributed by atoms with E-state index in [0.29, 0.717) is 27.5 Å². The fourth-order valence-electron chi connectivity index (χ4n) is 2.53. The summed E-state index contributed by atoms with van der Waals surface area (Å²) in [6.07, 6.45) is 0. The Balaban J connectivity index is 1.66. The predicted octanol–water partition coefficient (Wildman–Crippen LogP) is 3.80. The van der Waals surface area contributed by atoms with Crippen LogP contribution < -0.4 is 0 Å². The van der Waals surface area contributed by atoms with Crippen LogP contribution in [0.5, 0.6) is 0 Å². The number of aryl methyl sites for hydroxylation is 2. The molecule has 0 saturated carbocycles. The number of carbonyl (C=O) groups is 1. The molecule has 6 nitrogen and oxygen atoms in total. The van der Waals surface area contributed by atoms with Crippen LogP contribution in [0.4, 0.5) is 0 Å². The largest absolute Gasteiger partial charge is 0.341 e. The zero-order valence-electron chi connectivity index (χ0n) is 14.5. The molecule has 3 aromatic rings. The smallest absolute Gasteiger partial charge is 0.256 e. The number of hydrogen-bond donors (Lipinski definition) is 0.